The monoisotopic (exact) mass is 301 g/mol. The SMILES string of the molecule is CBCC(c1ccccc1CC)C(CC)NCC(C)(C)CC. The second-order valence-electron chi connectivity index (χ2n) is 7.36. The summed E-state index contributed by atoms with van der Waals surface area (Å²) in [4.78, 5) is 0. The van der Waals surface area contributed by atoms with Crippen molar-refractivity contribution in [1.82, 2.24) is 5.32 Å². The molecule has 0 saturated heterocycles. The highest BCUT2D eigenvalue weighted by atomic mass is 14.9. The van der Waals surface area contributed by atoms with Crippen molar-refractivity contribution in [3.05, 3.63) is 35.4 Å². The average molecular weight is 301 g/mol. The topological polar surface area (TPSA) is 12.0 Å². The first-order valence-electron chi connectivity index (χ1n) is 9.30. The van der Waals surface area contributed by atoms with Gasteiger partial charge in [-0.3, -0.25) is 0 Å². The quantitative estimate of drug-likeness (QED) is 0.597. The van der Waals surface area contributed by atoms with Gasteiger partial charge in [0.2, 0.25) is 0 Å². The lowest BCUT2D eigenvalue weighted by Gasteiger charge is -2.33. The molecule has 1 aromatic carbocycles. The molecule has 1 N–H and O–H groups in total. The minimum Gasteiger partial charge on any atom is -0.313 e. The van der Waals surface area contributed by atoms with Crippen LogP contribution in [0, 0.1) is 5.41 Å². The van der Waals surface area contributed by atoms with Crippen molar-refractivity contribution < 1.29 is 0 Å². The maximum atomic E-state index is 3.90. The first-order valence-corrected chi connectivity index (χ1v) is 9.30. The van der Waals surface area contributed by atoms with Crippen molar-refractivity contribution in [2.24, 2.45) is 5.41 Å². The average Bonchev–Trinajstić information content (AvgIpc) is 2.54. The lowest BCUT2D eigenvalue weighted by Crippen LogP contribution is -2.40. The van der Waals surface area contributed by atoms with Gasteiger partial charge in [0.05, 0.1) is 0 Å². The van der Waals surface area contributed by atoms with Crippen molar-refractivity contribution in [2.45, 2.75) is 79.0 Å². The number of hydrogen-bond acceptors (Lipinski definition) is 1. The normalized spacial score (nSPS) is 14.6. The van der Waals surface area contributed by atoms with Gasteiger partial charge in [-0.2, -0.15) is 0 Å². The Bertz CT molecular complexity index is 427. The minimum atomic E-state index is 0.383. The molecule has 1 rings (SSSR count). The molecule has 0 bridgehead atoms. The van der Waals surface area contributed by atoms with Crippen LogP contribution in [0.15, 0.2) is 24.3 Å². The van der Waals surface area contributed by atoms with E-state index < -0.39 is 0 Å². The molecule has 22 heavy (non-hydrogen) atoms. The molecule has 0 saturated carbocycles. The van der Waals surface area contributed by atoms with E-state index in [0.29, 0.717) is 17.4 Å². The molecule has 1 nitrogen and oxygen atoms in total. The largest absolute Gasteiger partial charge is 0.313 e. The molecule has 0 fully saturated rings. The Hall–Kier alpha value is -0.755. The van der Waals surface area contributed by atoms with E-state index in [9.17, 15) is 0 Å². The third-order valence-corrected chi connectivity index (χ3v) is 5.16. The molecule has 0 aliphatic rings. The van der Waals surface area contributed by atoms with Gasteiger partial charge in [-0.15, -0.1) is 0 Å². The number of benzene rings is 1. The summed E-state index contributed by atoms with van der Waals surface area (Å²) in [6.45, 7) is 15.0. The molecule has 0 radical (unpaired) electrons. The van der Waals surface area contributed by atoms with Crippen molar-refractivity contribution in [2.75, 3.05) is 6.54 Å². The molecule has 2 heteroatoms. The van der Waals surface area contributed by atoms with E-state index >= 15 is 0 Å². The minimum absolute atomic E-state index is 0.383. The lowest BCUT2D eigenvalue weighted by atomic mass is 9.67. The summed E-state index contributed by atoms with van der Waals surface area (Å²) in [6.07, 6.45) is 4.82. The van der Waals surface area contributed by atoms with E-state index in [-0.39, 0.29) is 0 Å². The molecular weight excluding hydrogens is 265 g/mol. The Morgan fingerprint density at radius 2 is 1.82 bits per heavy atom. The molecule has 2 unspecified atom stereocenters. The van der Waals surface area contributed by atoms with Crippen LogP contribution in [-0.2, 0) is 6.42 Å². The van der Waals surface area contributed by atoms with Crippen LogP contribution in [0.25, 0.3) is 0 Å². The summed E-state index contributed by atoms with van der Waals surface area (Å²) in [5.41, 5.74) is 3.48. The van der Waals surface area contributed by atoms with Crippen LogP contribution in [0.4, 0.5) is 0 Å². The van der Waals surface area contributed by atoms with E-state index in [1.807, 2.05) is 0 Å². The first-order chi connectivity index (χ1) is 10.5. The zero-order chi connectivity index (χ0) is 16.6. The molecule has 0 spiro atoms. The van der Waals surface area contributed by atoms with Crippen LogP contribution in [0.1, 0.15) is 64.5 Å². The maximum Gasteiger partial charge on any atom is 0.118 e. The van der Waals surface area contributed by atoms with E-state index in [2.05, 4.69) is 71.0 Å². The third-order valence-electron chi connectivity index (χ3n) is 5.16. The van der Waals surface area contributed by atoms with E-state index in [4.69, 9.17) is 0 Å². The van der Waals surface area contributed by atoms with Gasteiger partial charge in [0.1, 0.15) is 7.28 Å². The second kappa shape index (κ2) is 9.40. The van der Waals surface area contributed by atoms with Gasteiger partial charge in [-0.05, 0) is 41.7 Å². The molecule has 2 atom stereocenters. The first kappa shape index (κ1) is 19.3. The summed E-state index contributed by atoms with van der Waals surface area (Å²) >= 11 is 0. The van der Waals surface area contributed by atoms with Crippen LogP contribution in [0.2, 0.25) is 13.1 Å². The van der Waals surface area contributed by atoms with Crippen molar-refractivity contribution in [1.29, 1.82) is 0 Å². The van der Waals surface area contributed by atoms with Gasteiger partial charge in [0, 0.05) is 12.6 Å². The molecule has 0 heterocycles. The van der Waals surface area contributed by atoms with Crippen LogP contribution in [0.5, 0.6) is 0 Å². The van der Waals surface area contributed by atoms with Gasteiger partial charge in [0.25, 0.3) is 0 Å². The summed E-state index contributed by atoms with van der Waals surface area (Å²) in [5, 5.41) is 3.90. The van der Waals surface area contributed by atoms with E-state index in [1.54, 1.807) is 5.56 Å². The molecular formula is C20H36BN. The standard InChI is InChI=1S/C20H36BN/c1-7-16-12-10-11-13-17(16)18(14-21-6)19(8-2)22-15-20(4,5)9-3/h10-13,18-19,21-22H,7-9,14-15H2,1-6H3. The van der Waals surface area contributed by atoms with Crippen LogP contribution >= 0.6 is 0 Å². The zero-order valence-corrected chi connectivity index (χ0v) is 15.7. The predicted octanol–water partition coefficient (Wildman–Crippen LogP) is 5.04. The second-order valence-corrected chi connectivity index (χ2v) is 7.36. The number of hydrogen-bond donors (Lipinski definition) is 1. The third kappa shape index (κ3) is 5.46. The highest BCUT2D eigenvalue weighted by Crippen LogP contribution is 2.30. The van der Waals surface area contributed by atoms with Crippen LogP contribution < -0.4 is 5.32 Å². The molecule has 0 aliphatic heterocycles. The molecule has 124 valence electrons. The Balaban J connectivity index is 2.95. The molecule has 0 amide bonds. The fraction of sp³-hybridized carbons (Fsp3) is 0.700. The summed E-state index contributed by atoms with van der Waals surface area (Å²) in [6, 6.07) is 9.63. The Morgan fingerprint density at radius 1 is 1.14 bits per heavy atom. The van der Waals surface area contributed by atoms with Gasteiger partial charge >= 0.3 is 0 Å². The maximum absolute atomic E-state index is 3.90. The van der Waals surface area contributed by atoms with Crippen molar-refractivity contribution >= 4 is 7.28 Å². The number of aryl methyl sites for hydroxylation is 1. The fourth-order valence-electron chi connectivity index (χ4n) is 3.21. The molecule has 1 aromatic rings. The fourth-order valence-corrected chi connectivity index (χ4v) is 3.21. The summed E-state index contributed by atoms with van der Waals surface area (Å²) in [5.74, 6) is 0.638. The number of rotatable bonds is 10. The van der Waals surface area contributed by atoms with Gasteiger partial charge < -0.3 is 5.32 Å². The Kier molecular flexibility index (Phi) is 8.24. The Labute approximate surface area is 139 Å². The van der Waals surface area contributed by atoms with Crippen molar-refractivity contribution in [3.8, 4) is 0 Å². The van der Waals surface area contributed by atoms with Gasteiger partial charge in [0.15, 0.2) is 0 Å². The van der Waals surface area contributed by atoms with Crippen LogP contribution in [0.3, 0.4) is 0 Å². The van der Waals surface area contributed by atoms with Crippen molar-refractivity contribution in [3.63, 3.8) is 0 Å². The highest BCUT2D eigenvalue weighted by Gasteiger charge is 2.25. The molecule has 0 aliphatic carbocycles. The number of nitrogens with one attached hydrogen (secondary N) is 1. The predicted molar refractivity (Wildman–Crippen MR) is 103 cm³/mol. The van der Waals surface area contributed by atoms with Gasteiger partial charge in [-0.25, -0.2) is 0 Å². The van der Waals surface area contributed by atoms with Crippen LogP contribution in [-0.4, -0.2) is 19.9 Å². The van der Waals surface area contributed by atoms with E-state index in [1.165, 1.54) is 32.0 Å². The molecule has 0 aromatic heterocycles. The van der Waals surface area contributed by atoms with E-state index in [0.717, 1.165) is 13.0 Å². The lowest BCUT2D eigenvalue weighted by molar-refractivity contribution is 0.293. The highest BCUT2D eigenvalue weighted by molar-refractivity contribution is 6.33. The summed E-state index contributed by atoms with van der Waals surface area (Å²) in [7, 11) is 1.25. The van der Waals surface area contributed by atoms with Gasteiger partial charge in [-0.1, -0.05) is 72.0 Å². The Morgan fingerprint density at radius 3 is 2.36 bits per heavy atom. The summed E-state index contributed by atoms with van der Waals surface area (Å²) < 4.78 is 0. The smallest absolute Gasteiger partial charge is 0.118 e. The zero-order valence-electron chi connectivity index (χ0n) is 15.7.